The first-order valence-corrected chi connectivity index (χ1v) is 5.78. The summed E-state index contributed by atoms with van der Waals surface area (Å²) in [7, 11) is 2.11. The quantitative estimate of drug-likeness (QED) is 0.675. The molecule has 1 heterocycles. The summed E-state index contributed by atoms with van der Waals surface area (Å²) in [6, 6.07) is 0.181. The second-order valence-corrected chi connectivity index (χ2v) is 4.70. The van der Waals surface area contributed by atoms with Crippen LogP contribution in [0.1, 0.15) is 13.8 Å². The molecule has 0 aromatic carbocycles. The van der Waals surface area contributed by atoms with E-state index in [0.29, 0.717) is 5.92 Å². The van der Waals surface area contributed by atoms with E-state index in [9.17, 15) is 0 Å². The SMILES string of the molecule is CC(C)C(CO)NCC1CN(C)CCO1. The Balaban J connectivity index is 2.23. The minimum atomic E-state index is 0.181. The van der Waals surface area contributed by atoms with Crippen LogP contribution in [0.4, 0.5) is 0 Å². The van der Waals surface area contributed by atoms with Gasteiger partial charge in [0.25, 0.3) is 0 Å². The number of nitrogens with zero attached hydrogens (tertiary/aromatic N) is 1. The lowest BCUT2D eigenvalue weighted by Crippen LogP contribution is -2.48. The summed E-state index contributed by atoms with van der Waals surface area (Å²) in [5.74, 6) is 0.455. The van der Waals surface area contributed by atoms with E-state index in [4.69, 9.17) is 9.84 Å². The van der Waals surface area contributed by atoms with Crippen LogP contribution in [0, 0.1) is 5.92 Å². The molecule has 1 rings (SSSR count). The average molecular weight is 216 g/mol. The molecule has 0 aliphatic carbocycles. The van der Waals surface area contributed by atoms with Crippen LogP contribution in [0.25, 0.3) is 0 Å². The highest BCUT2D eigenvalue weighted by Crippen LogP contribution is 2.04. The molecular formula is C11H24N2O2. The van der Waals surface area contributed by atoms with Gasteiger partial charge in [-0.05, 0) is 13.0 Å². The number of aliphatic hydroxyl groups is 1. The van der Waals surface area contributed by atoms with Gasteiger partial charge >= 0.3 is 0 Å². The molecule has 0 radical (unpaired) electrons. The number of rotatable bonds is 5. The lowest BCUT2D eigenvalue weighted by Gasteiger charge is -2.31. The summed E-state index contributed by atoms with van der Waals surface area (Å²) in [6.07, 6.45) is 0.261. The van der Waals surface area contributed by atoms with Gasteiger partial charge in [-0.2, -0.15) is 0 Å². The van der Waals surface area contributed by atoms with Crippen LogP contribution in [0.5, 0.6) is 0 Å². The van der Waals surface area contributed by atoms with E-state index >= 15 is 0 Å². The molecule has 90 valence electrons. The van der Waals surface area contributed by atoms with Gasteiger partial charge in [-0.1, -0.05) is 13.8 Å². The van der Waals surface area contributed by atoms with Crippen molar-refractivity contribution in [2.75, 3.05) is 39.9 Å². The molecule has 1 saturated heterocycles. The Morgan fingerprint density at radius 3 is 2.80 bits per heavy atom. The number of ether oxygens (including phenoxy) is 1. The maximum absolute atomic E-state index is 9.16. The van der Waals surface area contributed by atoms with Crippen molar-refractivity contribution in [2.24, 2.45) is 5.92 Å². The molecule has 0 spiro atoms. The van der Waals surface area contributed by atoms with Gasteiger partial charge in [0, 0.05) is 25.7 Å². The Bertz CT molecular complexity index is 176. The van der Waals surface area contributed by atoms with Gasteiger partial charge in [0.1, 0.15) is 0 Å². The molecule has 1 aliphatic rings. The van der Waals surface area contributed by atoms with Gasteiger partial charge in [-0.15, -0.1) is 0 Å². The summed E-state index contributed by atoms with van der Waals surface area (Å²) < 4.78 is 5.64. The molecular weight excluding hydrogens is 192 g/mol. The zero-order valence-electron chi connectivity index (χ0n) is 10.1. The molecule has 0 saturated carbocycles. The molecule has 4 heteroatoms. The fourth-order valence-electron chi connectivity index (χ4n) is 1.78. The first-order valence-electron chi connectivity index (χ1n) is 5.78. The first kappa shape index (κ1) is 12.9. The molecule has 0 aromatic heterocycles. The number of hydrogen-bond acceptors (Lipinski definition) is 4. The molecule has 2 N–H and O–H groups in total. The largest absolute Gasteiger partial charge is 0.395 e. The highest BCUT2D eigenvalue weighted by Gasteiger charge is 2.19. The van der Waals surface area contributed by atoms with E-state index in [1.165, 1.54) is 0 Å². The number of hydrogen-bond donors (Lipinski definition) is 2. The molecule has 0 amide bonds. The zero-order valence-corrected chi connectivity index (χ0v) is 10.1. The highest BCUT2D eigenvalue weighted by molar-refractivity contribution is 4.75. The van der Waals surface area contributed by atoms with E-state index in [0.717, 1.165) is 26.2 Å². The summed E-state index contributed by atoms with van der Waals surface area (Å²) in [6.45, 7) is 8.05. The standard InChI is InChI=1S/C11H24N2O2/c1-9(2)11(8-14)12-6-10-7-13(3)4-5-15-10/h9-12,14H,4-8H2,1-3H3. The van der Waals surface area contributed by atoms with Crippen LogP contribution < -0.4 is 5.32 Å². The predicted molar refractivity (Wildman–Crippen MR) is 61.0 cm³/mol. The minimum Gasteiger partial charge on any atom is -0.395 e. The topological polar surface area (TPSA) is 44.7 Å². The van der Waals surface area contributed by atoms with E-state index in [1.54, 1.807) is 0 Å². The minimum absolute atomic E-state index is 0.181. The molecule has 0 aromatic rings. The molecule has 0 bridgehead atoms. The molecule has 1 fully saturated rings. The summed E-state index contributed by atoms with van der Waals surface area (Å²) in [4.78, 5) is 2.28. The van der Waals surface area contributed by atoms with Gasteiger partial charge < -0.3 is 20.1 Å². The third-order valence-electron chi connectivity index (χ3n) is 2.95. The molecule has 2 atom stereocenters. The molecule has 15 heavy (non-hydrogen) atoms. The van der Waals surface area contributed by atoms with E-state index in [2.05, 4.69) is 31.1 Å². The van der Waals surface area contributed by atoms with Crippen LogP contribution in [0.15, 0.2) is 0 Å². The van der Waals surface area contributed by atoms with Crippen molar-refractivity contribution in [2.45, 2.75) is 26.0 Å². The van der Waals surface area contributed by atoms with Crippen LogP contribution in [0.2, 0.25) is 0 Å². The van der Waals surface area contributed by atoms with E-state index in [1.807, 2.05) is 0 Å². The average Bonchev–Trinajstić information content (AvgIpc) is 2.18. The lowest BCUT2D eigenvalue weighted by molar-refractivity contribution is -0.0207. The van der Waals surface area contributed by atoms with Gasteiger partial charge in [0.05, 0.1) is 19.3 Å². The van der Waals surface area contributed by atoms with Gasteiger partial charge in [0.15, 0.2) is 0 Å². The summed E-state index contributed by atoms with van der Waals surface area (Å²) in [5, 5.41) is 12.5. The van der Waals surface area contributed by atoms with Gasteiger partial charge in [-0.3, -0.25) is 0 Å². The Labute approximate surface area is 92.6 Å². The van der Waals surface area contributed by atoms with Crippen molar-refractivity contribution in [1.82, 2.24) is 10.2 Å². The van der Waals surface area contributed by atoms with Crippen molar-refractivity contribution in [3.63, 3.8) is 0 Å². The predicted octanol–water partition coefficient (Wildman–Crippen LogP) is -0.0765. The Kier molecular flexibility index (Phi) is 5.53. The third kappa shape index (κ3) is 4.47. The Morgan fingerprint density at radius 1 is 1.53 bits per heavy atom. The molecule has 1 aliphatic heterocycles. The van der Waals surface area contributed by atoms with Crippen molar-refractivity contribution >= 4 is 0 Å². The first-order chi connectivity index (χ1) is 7.13. The highest BCUT2D eigenvalue weighted by atomic mass is 16.5. The number of morpholine rings is 1. The van der Waals surface area contributed by atoms with E-state index in [-0.39, 0.29) is 18.8 Å². The Morgan fingerprint density at radius 2 is 2.27 bits per heavy atom. The maximum Gasteiger partial charge on any atom is 0.0826 e. The maximum atomic E-state index is 9.16. The van der Waals surface area contributed by atoms with Crippen molar-refractivity contribution in [3.05, 3.63) is 0 Å². The van der Waals surface area contributed by atoms with Crippen molar-refractivity contribution in [3.8, 4) is 0 Å². The van der Waals surface area contributed by atoms with Crippen molar-refractivity contribution < 1.29 is 9.84 Å². The van der Waals surface area contributed by atoms with Crippen LogP contribution >= 0.6 is 0 Å². The van der Waals surface area contributed by atoms with E-state index < -0.39 is 0 Å². The number of nitrogens with one attached hydrogen (secondary N) is 1. The van der Waals surface area contributed by atoms with Gasteiger partial charge in [-0.25, -0.2) is 0 Å². The summed E-state index contributed by atoms with van der Waals surface area (Å²) in [5.41, 5.74) is 0. The lowest BCUT2D eigenvalue weighted by atomic mass is 10.1. The number of aliphatic hydroxyl groups excluding tert-OH is 1. The summed E-state index contributed by atoms with van der Waals surface area (Å²) >= 11 is 0. The fraction of sp³-hybridized carbons (Fsp3) is 1.00. The monoisotopic (exact) mass is 216 g/mol. The van der Waals surface area contributed by atoms with Crippen LogP contribution in [-0.4, -0.2) is 62.0 Å². The second-order valence-electron chi connectivity index (χ2n) is 4.70. The zero-order chi connectivity index (χ0) is 11.3. The fourth-order valence-corrected chi connectivity index (χ4v) is 1.78. The van der Waals surface area contributed by atoms with Crippen molar-refractivity contribution in [1.29, 1.82) is 0 Å². The smallest absolute Gasteiger partial charge is 0.0826 e. The van der Waals surface area contributed by atoms with Crippen LogP contribution in [0.3, 0.4) is 0 Å². The third-order valence-corrected chi connectivity index (χ3v) is 2.95. The normalized spacial score (nSPS) is 25.8. The Hall–Kier alpha value is -0.160. The molecule has 4 nitrogen and oxygen atoms in total. The second kappa shape index (κ2) is 6.43. The number of likely N-dealkylation sites (N-methyl/N-ethyl adjacent to an activating group) is 1. The van der Waals surface area contributed by atoms with Gasteiger partial charge in [0.2, 0.25) is 0 Å². The van der Waals surface area contributed by atoms with Crippen LogP contribution in [-0.2, 0) is 4.74 Å². The molecule has 2 unspecified atom stereocenters.